The quantitative estimate of drug-likeness (QED) is 0.815. The molecule has 1 saturated heterocycles. The van der Waals surface area contributed by atoms with Crippen molar-refractivity contribution in [1.82, 2.24) is 10.2 Å². The molecule has 0 spiro atoms. The van der Waals surface area contributed by atoms with Crippen molar-refractivity contribution < 1.29 is 9.53 Å². The molecule has 1 fully saturated rings. The second kappa shape index (κ2) is 8.69. The van der Waals surface area contributed by atoms with Gasteiger partial charge >= 0.3 is 0 Å². The summed E-state index contributed by atoms with van der Waals surface area (Å²) in [6.07, 6.45) is 2.23. The van der Waals surface area contributed by atoms with Crippen LogP contribution >= 0.6 is 15.9 Å². The summed E-state index contributed by atoms with van der Waals surface area (Å²) in [5.74, 6) is 1.52. The molecule has 0 unspecified atom stereocenters. The third kappa shape index (κ3) is 5.50. The molecule has 0 atom stereocenters. The lowest BCUT2D eigenvalue weighted by Gasteiger charge is -2.32. The summed E-state index contributed by atoms with van der Waals surface area (Å²) in [6.45, 7) is 9.83. The lowest BCUT2D eigenvalue weighted by molar-refractivity contribution is 0.0689. The molecule has 1 aromatic carbocycles. The molecule has 5 heteroatoms. The molecule has 0 aromatic heterocycles. The average molecular weight is 383 g/mol. The Hall–Kier alpha value is -1.07. The molecule has 1 heterocycles. The number of amides is 1. The van der Waals surface area contributed by atoms with Crippen LogP contribution in [0, 0.1) is 5.92 Å². The molecule has 1 amide bonds. The van der Waals surface area contributed by atoms with Crippen molar-refractivity contribution in [2.24, 2.45) is 5.92 Å². The molecule has 0 aliphatic carbocycles. The van der Waals surface area contributed by atoms with E-state index < -0.39 is 0 Å². The topological polar surface area (TPSA) is 41.6 Å². The Kier molecular flexibility index (Phi) is 6.90. The predicted octanol–water partition coefficient (Wildman–Crippen LogP) is 3.70. The lowest BCUT2D eigenvalue weighted by Crippen LogP contribution is -2.40. The highest BCUT2D eigenvalue weighted by Crippen LogP contribution is 2.25. The number of rotatable bonds is 6. The van der Waals surface area contributed by atoms with Crippen LogP contribution in [0.1, 0.15) is 44.0 Å². The van der Waals surface area contributed by atoms with Gasteiger partial charge in [-0.1, -0.05) is 22.9 Å². The van der Waals surface area contributed by atoms with Crippen LogP contribution in [0.25, 0.3) is 0 Å². The number of carbonyl (C=O) groups is 1. The van der Waals surface area contributed by atoms with Crippen LogP contribution in [0.4, 0.5) is 0 Å². The van der Waals surface area contributed by atoms with Gasteiger partial charge in [-0.25, -0.2) is 0 Å². The molecular weight excluding hydrogens is 356 g/mol. The zero-order valence-electron chi connectivity index (χ0n) is 14.3. The maximum absolute atomic E-state index is 12.7. The van der Waals surface area contributed by atoms with E-state index in [1.54, 1.807) is 0 Å². The first kappa shape index (κ1) is 18.3. The summed E-state index contributed by atoms with van der Waals surface area (Å²) >= 11 is 3.47. The highest BCUT2D eigenvalue weighted by Gasteiger charge is 2.24. The lowest BCUT2D eigenvalue weighted by atomic mass is 9.96. The number of benzene rings is 1. The van der Waals surface area contributed by atoms with Gasteiger partial charge in [0.15, 0.2) is 0 Å². The van der Waals surface area contributed by atoms with Crippen molar-refractivity contribution >= 4 is 21.8 Å². The second-order valence-electron chi connectivity index (χ2n) is 6.39. The van der Waals surface area contributed by atoms with Gasteiger partial charge in [-0.15, -0.1) is 0 Å². The van der Waals surface area contributed by atoms with E-state index in [1.807, 2.05) is 36.9 Å². The first-order valence-corrected chi connectivity index (χ1v) is 9.26. The van der Waals surface area contributed by atoms with Crippen molar-refractivity contribution in [2.45, 2.75) is 39.7 Å². The maximum Gasteiger partial charge on any atom is 0.254 e. The summed E-state index contributed by atoms with van der Waals surface area (Å²) < 4.78 is 6.60. The van der Waals surface area contributed by atoms with Crippen molar-refractivity contribution in [1.29, 1.82) is 0 Å². The van der Waals surface area contributed by atoms with E-state index in [2.05, 4.69) is 28.2 Å². The Morgan fingerprint density at radius 3 is 2.65 bits per heavy atom. The van der Waals surface area contributed by atoms with Crippen LogP contribution in [-0.4, -0.2) is 43.1 Å². The van der Waals surface area contributed by atoms with E-state index in [0.29, 0.717) is 11.5 Å². The van der Waals surface area contributed by atoms with Crippen molar-refractivity contribution in [3.8, 4) is 5.75 Å². The Balaban J connectivity index is 1.99. The highest BCUT2D eigenvalue weighted by atomic mass is 79.9. The van der Waals surface area contributed by atoms with E-state index in [-0.39, 0.29) is 12.0 Å². The second-order valence-corrected chi connectivity index (χ2v) is 7.30. The maximum atomic E-state index is 12.7. The van der Waals surface area contributed by atoms with Gasteiger partial charge in [0.2, 0.25) is 0 Å². The van der Waals surface area contributed by atoms with Crippen LogP contribution in [0.3, 0.4) is 0 Å². The summed E-state index contributed by atoms with van der Waals surface area (Å²) in [5.41, 5.74) is 0.695. The van der Waals surface area contributed by atoms with Gasteiger partial charge in [-0.05, 0) is 63.9 Å². The van der Waals surface area contributed by atoms with Gasteiger partial charge < -0.3 is 15.0 Å². The number of nitrogens with zero attached hydrogens (tertiary/aromatic N) is 1. The fraction of sp³-hybridized carbons (Fsp3) is 0.611. The zero-order chi connectivity index (χ0) is 16.8. The molecule has 1 aromatic rings. The fourth-order valence-corrected chi connectivity index (χ4v) is 3.37. The van der Waals surface area contributed by atoms with Gasteiger partial charge in [0.1, 0.15) is 5.75 Å². The Morgan fingerprint density at radius 2 is 2.04 bits per heavy atom. The molecule has 1 aliphatic rings. The first-order chi connectivity index (χ1) is 11.0. The van der Waals surface area contributed by atoms with Gasteiger partial charge in [-0.3, -0.25) is 4.79 Å². The number of ether oxygens (including phenoxy) is 1. The monoisotopic (exact) mass is 382 g/mol. The summed E-state index contributed by atoms with van der Waals surface area (Å²) in [7, 11) is 0. The summed E-state index contributed by atoms with van der Waals surface area (Å²) in [6, 6.07) is 5.62. The largest absolute Gasteiger partial charge is 0.491 e. The Labute approximate surface area is 147 Å². The van der Waals surface area contributed by atoms with E-state index in [1.165, 1.54) is 0 Å². The number of nitrogens with one attached hydrogen (secondary N) is 1. The summed E-state index contributed by atoms with van der Waals surface area (Å²) in [4.78, 5) is 14.7. The average Bonchev–Trinajstić information content (AvgIpc) is 2.51. The molecule has 4 nitrogen and oxygen atoms in total. The number of piperidine rings is 1. The molecular formula is C18H27BrN2O2. The van der Waals surface area contributed by atoms with Crippen LogP contribution in [-0.2, 0) is 0 Å². The third-order valence-corrected chi connectivity index (χ3v) is 4.53. The SMILES string of the molecule is CCNCC1CCN(C(=O)c2cc(Br)cc(OC(C)C)c2)CC1. The van der Waals surface area contributed by atoms with Crippen molar-refractivity contribution in [3.05, 3.63) is 28.2 Å². The van der Waals surface area contributed by atoms with Crippen molar-refractivity contribution in [2.75, 3.05) is 26.2 Å². The van der Waals surface area contributed by atoms with E-state index in [0.717, 1.165) is 49.2 Å². The molecule has 1 N–H and O–H groups in total. The molecule has 0 radical (unpaired) electrons. The number of carbonyl (C=O) groups excluding carboxylic acids is 1. The number of hydrogen-bond acceptors (Lipinski definition) is 3. The van der Waals surface area contributed by atoms with Crippen LogP contribution < -0.4 is 10.1 Å². The standard InChI is InChI=1S/C18H27BrN2O2/c1-4-20-12-14-5-7-21(8-6-14)18(22)15-9-16(19)11-17(10-15)23-13(2)3/h9-11,13-14,20H,4-8,12H2,1-3H3. The fourth-order valence-electron chi connectivity index (χ4n) is 2.90. The highest BCUT2D eigenvalue weighted by molar-refractivity contribution is 9.10. The third-order valence-electron chi connectivity index (χ3n) is 4.07. The molecule has 23 heavy (non-hydrogen) atoms. The van der Waals surface area contributed by atoms with Crippen molar-refractivity contribution in [3.63, 3.8) is 0 Å². The van der Waals surface area contributed by atoms with Crippen LogP contribution in [0.2, 0.25) is 0 Å². The Morgan fingerprint density at radius 1 is 1.35 bits per heavy atom. The number of hydrogen-bond donors (Lipinski definition) is 1. The smallest absolute Gasteiger partial charge is 0.254 e. The minimum atomic E-state index is 0.0917. The summed E-state index contributed by atoms with van der Waals surface area (Å²) in [5, 5.41) is 3.40. The normalized spacial score (nSPS) is 16.0. The molecule has 128 valence electrons. The molecule has 2 rings (SSSR count). The van der Waals surface area contributed by atoms with Gasteiger partial charge in [-0.2, -0.15) is 0 Å². The molecule has 0 saturated carbocycles. The number of likely N-dealkylation sites (tertiary alicyclic amines) is 1. The van der Waals surface area contributed by atoms with Gasteiger partial charge in [0.05, 0.1) is 6.10 Å². The van der Waals surface area contributed by atoms with E-state index in [9.17, 15) is 4.79 Å². The predicted molar refractivity (Wildman–Crippen MR) is 97.1 cm³/mol. The van der Waals surface area contributed by atoms with Gasteiger partial charge in [0.25, 0.3) is 5.91 Å². The Bertz CT molecular complexity index is 526. The number of halogens is 1. The van der Waals surface area contributed by atoms with Crippen LogP contribution in [0.5, 0.6) is 5.75 Å². The molecule has 1 aliphatic heterocycles. The van der Waals surface area contributed by atoms with Crippen LogP contribution in [0.15, 0.2) is 22.7 Å². The molecule has 0 bridgehead atoms. The van der Waals surface area contributed by atoms with E-state index >= 15 is 0 Å². The minimum absolute atomic E-state index is 0.0917. The van der Waals surface area contributed by atoms with Gasteiger partial charge in [0, 0.05) is 23.1 Å². The minimum Gasteiger partial charge on any atom is -0.491 e. The van der Waals surface area contributed by atoms with E-state index in [4.69, 9.17) is 4.74 Å². The zero-order valence-corrected chi connectivity index (χ0v) is 15.9. The first-order valence-electron chi connectivity index (χ1n) is 8.46.